The Balaban J connectivity index is 1.76. The summed E-state index contributed by atoms with van der Waals surface area (Å²) in [6, 6.07) is 8.90. The van der Waals surface area contributed by atoms with Crippen LogP contribution in [0.25, 0.3) is 0 Å². The molecule has 1 amide bonds. The standard InChI is InChI=1S/C17H16ClFN2O2/c18-16-9-12(7-8-20-16)17(23)21(14-5-6-14)10-15(22)11-1-3-13(19)4-2-11/h1-4,7-9,14-15,22H,5-6,10H2. The van der Waals surface area contributed by atoms with Gasteiger partial charge in [0.2, 0.25) is 0 Å². The third-order valence-corrected chi connectivity index (χ3v) is 4.05. The summed E-state index contributed by atoms with van der Waals surface area (Å²) in [5.74, 6) is -0.541. The molecule has 4 nitrogen and oxygen atoms in total. The first-order valence-electron chi connectivity index (χ1n) is 7.40. The SMILES string of the molecule is O=C(c1ccnc(Cl)c1)N(CC(O)c1ccc(F)cc1)C1CC1. The fraction of sp³-hybridized carbons (Fsp3) is 0.294. The van der Waals surface area contributed by atoms with Crippen LogP contribution in [0.1, 0.15) is 34.9 Å². The monoisotopic (exact) mass is 334 g/mol. The van der Waals surface area contributed by atoms with Crippen molar-refractivity contribution in [2.24, 2.45) is 0 Å². The molecule has 1 heterocycles. The van der Waals surface area contributed by atoms with Crippen LogP contribution < -0.4 is 0 Å². The Hall–Kier alpha value is -1.98. The molecule has 0 saturated heterocycles. The molecule has 23 heavy (non-hydrogen) atoms. The Labute approximate surface area is 138 Å². The van der Waals surface area contributed by atoms with Crippen LogP contribution in [0.15, 0.2) is 42.6 Å². The molecule has 1 atom stereocenters. The lowest BCUT2D eigenvalue weighted by Crippen LogP contribution is -2.36. The predicted octanol–water partition coefficient (Wildman–Crippen LogP) is 3.21. The number of nitrogens with zero attached hydrogens (tertiary/aromatic N) is 2. The van der Waals surface area contributed by atoms with E-state index in [9.17, 15) is 14.3 Å². The van der Waals surface area contributed by atoms with Crippen LogP contribution in [0.4, 0.5) is 4.39 Å². The van der Waals surface area contributed by atoms with Gasteiger partial charge in [0, 0.05) is 17.8 Å². The normalized spacial score (nSPS) is 15.3. The maximum atomic E-state index is 13.0. The van der Waals surface area contributed by atoms with Gasteiger partial charge in [-0.25, -0.2) is 9.37 Å². The van der Waals surface area contributed by atoms with Crippen LogP contribution in [-0.2, 0) is 0 Å². The molecule has 1 aliphatic rings. The minimum Gasteiger partial charge on any atom is -0.387 e. The number of carbonyl (C=O) groups excluding carboxylic acids is 1. The molecule has 1 N–H and O–H groups in total. The second-order valence-corrected chi connectivity index (χ2v) is 6.01. The van der Waals surface area contributed by atoms with Gasteiger partial charge in [0.1, 0.15) is 11.0 Å². The molecule has 0 radical (unpaired) electrons. The number of aliphatic hydroxyl groups excluding tert-OH is 1. The van der Waals surface area contributed by atoms with Crippen molar-refractivity contribution in [3.05, 3.63) is 64.7 Å². The number of hydrogen-bond acceptors (Lipinski definition) is 3. The summed E-state index contributed by atoms with van der Waals surface area (Å²) in [6.07, 6.45) is 2.45. The largest absolute Gasteiger partial charge is 0.387 e. The van der Waals surface area contributed by atoms with Crippen molar-refractivity contribution in [1.82, 2.24) is 9.88 Å². The number of aliphatic hydroxyl groups is 1. The number of halogens is 2. The second kappa shape index (κ2) is 6.64. The number of hydrogen-bond donors (Lipinski definition) is 1. The number of benzene rings is 1. The first-order valence-corrected chi connectivity index (χ1v) is 7.78. The minimum atomic E-state index is -0.863. The Morgan fingerprint density at radius 3 is 2.65 bits per heavy atom. The van der Waals surface area contributed by atoms with Gasteiger partial charge in [-0.2, -0.15) is 0 Å². The lowest BCUT2D eigenvalue weighted by atomic mass is 10.1. The van der Waals surface area contributed by atoms with Crippen LogP contribution in [0.5, 0.6) is 0 Å². The van der Waals surface area contributed by atoms with E-state index in [1.807, 2.05) is 0 Å². The van der Waals surface area contributed by atoms with Crippen LogP contribution in [0, 0.1) is 5.82 Å². The topological polar surface area (TPSA) is 53.4 Å². The van der Waals surface area contributed by atoms with Gasteiger partial charge in [-0.1, -0.05) is 23.7 Å². The number of carbonyl (C=O) groups is 1. The molecule has 1 aromatic carbocycles. The van der Waals surface area contributed by atoms with Crippen molar-refractivity contribution in [1.29, 1.82) is 0 Å². The third kappa shape index (κ3) is 3.86. The van der Waals surface area contributed by atoms with E-state index in [4.69, 9.17) is 11.6 Å². The summed E-state index contributed by atoms with van der Waals surface area (Å²) < 4.78 is 13.0. The first-order chi connectivity index (χ1) is 11.0. The van der Waals surface area contributed by atoms with Gasteiger partial charge in [-0.05, 0) is 42.7 Å². The quantitative estimate of drug-likeness (QED) is 0.854. The smallest absolute Gasteiger partial charge is 0.254 e. The van der Waals surface area contributed by atoms with E-state index < -0.39 is 6.10 Å². The molecule has 0 aliphatic heterocycles. The fourth-order valence-corrected chi connectivity index (χ4v) is 2.64. The zero-order valence-electron chi connectivity index (χ0n) is 12.3. The van der Waals surface area contributed by atoms with Gasteiger partial charge < -0.3 is 10.0 Å². The van der Waals surface area contributed by atoms with E-state index in [1.54, 1.807) is 11.0 Å². The molecule has 1 saturated carbocycles. The molecule has 120 valence electrons. The van der Waals surface area contributed by atoms with E-state index in [-0.39, 0.29) is 29.5 Å². The van der Waals surface area contributed by atoms with Crippen LogP contribution in [0.2, 0.25) is 5.15 Å². The predicted molar refractivity (Wildman–Crippen MR) is 84.7 cm³/mol. The summed E-state index contributed by atoms with van der Waals surface area (Å²) in [5.41, 5.74) is 1.03. The van der Waals surface area contributed by atoms with Crippen LogP contribution in [0.3, 0.4) is 0 Å². The zero-order valence-corrected chi connectivity index (χ0v) is 13.1. The molecular formula is C17H16ClFN2O2. The Bertz CT molecular complexity index is 704. The average molecular weight is 335 g/mol. The van der Waals surface area contributed by atoms with Crippen molar-refractivity contribution >= 4 is 17.5 Å². The summed E-state index contributed by atoms with van der Waals surface area (Å²) in [4.78, 5) is 18.2. The van der Waals surface area contributed by atoms with Crippen molar-refractivity contribution in [2.75, 3.05) is 6.54 Å². The van der Waals surface area contributed by atoms with E-state index in [0.29, 0.717) is 11.1 Å². The zero-order chi connectivity index (χ0) is 16.4. The van der Waals surface area contributed by atoms with Gasteiger partial charge >= 0.3 is 0 Å². The van der Waals surface area contributed by atoms with Gasteiger partial charge in [0.05, 0.1) is 12.6 Å². The van der Waals surface area contributed by atoms with E-state index in [1.165, 1.54) is 36.5 Å². The van der Waals surface area contributed by atoms with E-state index in [2.05, 4.69) is 4.98 Å². The molecule has 0 bridgehead atoms. The summed E-state index contributed by atoms with van der Waals surface area (Å²) in [5, 5.41) is 10.6. The summed E-state index contributed by atoms with van der Waals surface area (Å²) >= 11 is 5.84. The van der Waals surface area contributed by atoms with Crippen LogP contribution >= 0.6 is 11.6 Å². The second-order valence-electron chi connectivity index (χ2n) is 5.62. The molecule has 1 fully saturated rings. The number of pyridine rings is 1. The molecular weight excluding hydrogens is 319 g/mol. The number of amides is 1. The van der Waals surface area contributed by atoms with Crippen molar-refractivity contribution in [2.45, 2.75) is 25.0 Å². The molecule has 6 heteroatoms. The van der Waals surface area contributed by atoms with Gasteiger partial charge in [-0.3, -0.25) is 4.79 Å². The van der Waals surface area contributed by atoms with Crippen molar-refractivity contribution in [3.63, 3.8) is 0 Å². The van der Waals surface area contributed by atoms with E-state index in [0.717, 1.165) is 12.8 Å². The summed E-state index contributed by atoms with van der Waals surface area (Å²) in [6.45, 7) is 0.162. The molecule has 1 aromatic heterocycles. The summed E-state index contributed by atoms with van der Waals surface area (Å²) in [7, 11) is 0. The van der Waals surface area contributed by atoms with Crippen molar-refractivity contribution in [3.8, 4) is 0 Å². The highest BCUT2D eigenvalue weighted by atomic mass is 35.5. The highest BCUT2D eigenvalue weighted by Crippen LogP contribution is 2.30. The average Bonchev–Trinajstić information content (AvgIpc) is 3.37. The highest BCUT2D eigenvalue weighted by molar-refractivity contribution is 6.29. The van der Waals surface area contributed by atoms with E-state index >= 15 is 0 Å². The minimum absolute atomic E-state index is 0.129. The third-order valence-electron chi connectivity index (χ3n) is 3.85. The van der Waals surface area contributed by atoms with Gasteiger partial charge in [0.25, 0.3) is 5.91 Å². The first kappa shape index (κ1) is 15.9. The fourth-order valence-electron chi connectivity index (χ4n) is 2.46. The Morgan fingerprint density at radius 2 is 2.04 bits per heavy atom. The molecule has 3 rings (SSSR count). The Kier molecular flexibility index (Phi) is 4.59. The lowest BCUT2D eigenvalue weighted by Gasteiger charge is -2.25. The van der Waals surface area contributed by atoms with Crippen molar-refractivity contribution < 1.29 is 14.3 Å². The molecule has 0 spiro atoms. The highest BCUT2D eigenvalue weighted by Gasteiger charge is 2.34. The molecule has 1 aliphatic carbocycles. The molecule has 2 aromatic rings. The van der Waals surface area contributed by atoms with Gasteiger partial charge in [-0.15, -0.1) is 0 Å². The maximum absolute atomic E-state index is 13.0. The molecule has 1 unspecified atom stereocenters. The number of rotatable bonds is 5. The lowest BCUT2D eigenvalue weighted by molar-refractivity contribution is 0.0603. The van der Waals surface area contributed by atoms with Crippen LogP contribution in [-0.4, -0.2) is 33.5 Å². The maximum Gasteiger partial charge on any atom is 0.254 e. The Morgan fingerprint density at radius 1 is 1.35 bits per heavy atom. The number of aromatic nitrogens is 1. The van der Waals surface area contributed by atoms with Gasteiger partial charge in [0.15, 0.2) is 0 Å².